The molecule has 1 saturated carbocycles. The molecule has 4 heterocycles. The van der Waals surface area contributed by atoms with Gasteiger partial charge in [-0.25, -0.2) is 15.0 Å². The number of likely N-dealkylation sites (tertiary alicyclic amines) is 1. The van der Waals surface area contributed by atoms with E-state index in [1.165, 1.54) is 0 Å². The van der Waals surface area contributed by atoms with Crippen LogP contribution in [0.15, 0.2) is 43.1 Å². The normalized spacial score (nSPS) is 18.0. The van der Waals surface area contributed by atoms with Crippen molar-refractivity contribution in [3.8, 4) is 0 Å². The molecule has 0 atom stereocenters. The number of aromatic nitrogens is 5. The zero-order chi connectivity index (χ0) is 20.5. The Bertz CT molecular complexity index is 1280. The van der Waals surface area contributed by atoms with Gasteiger partial charge in [0.1, 0.15) is 17.8 Å². The molecule has 0 unspecified atom stereocenters. The van der Waals surface area contributed by atoms with E-state index in [0.29, 0.717) is 6.04 Å². The average Bonchev–Trinajstić information content (AvgIpc) is 3.31. The summed E-state index contributed by atoms with van der Waals surface area (Å²) in [6.45, 7) is 1.67. The molecule has 4 aromatic rings. The van der Waals surface area contributed by atoms with Crippen LogP contribution >= 0.6 is 0 Å². The van der Waals surface area contributed by atoms with Gasteiger partial charge < -0.3 is 19.4 Å². The fourth-order valence-corrected chi connectivity index (χ4v) is 5.14. The number of amides is 1. The fourth-order valence-electron chi connectivity index (χ4n) is 5.14. The van der Waals surface area contributed by atoms with Gasteiger partial charge in [0.2, 0.25) is 0 Å². The molecule has 6 rings (SSSR count). The first-order chi connectivity index (χ1) is 14.5. The Balaban J connectivity index is 1.12. The summed E-state index contributed by atoms with van der Waals surface area (Å²) in [5.41, 5.74) is 3.75. The Morgan fingerprint density at radius 2 is 2.03 bits per heavy atom. The van der Waals surface area contributed by atoms with E-state index in [2.05, 4.69) is 31.9 Å². The standard InChI is InChI=1S/C22H23N7O/c1-27-13-26-17-7-14(3-4-18(17)27)21(30)29-10-22(11-29)8-15(9-22)28(2)20-16-5-6-23-19(16)24-12-25-20/h3-7,12-13,15H,8-11H2,1-2H3,(H,23,24,25). The molecule has 0 bridgehead atoms. The van der Waals surface area contributed by atoms with E-state index >= 15 is 0 Å². The van der Waals surface area contributed by atoms with Crippen LogP contribution in [0.5, 0.6) is 0 Å². The van der Waals surface area contributed by atoms with Gasteiger partial charge in [-0.05, 0) is 37.1 Å². The molecular formula is C22H23N7O. The van der Waals surface area contributed by atoms with Crippen molar-refractivity contribution in [3.63, 3.8) is 0 Å². The van der Waals surface area contributed by atoms with Gasteiger partial charge in [-0.2, -0.15) is 0 Å². The van der Waals surface area contributed by atoms with Crippen molar-refractivity contribution >= 4 is 33.8 Å². The zero-order valence-electron chi connectivity index (χ0n) is 17.0. The average molecular weight is 401 g/mol. The molecule has 2 fully saturated rings. The summed E-state index contributed by atoms with van der Waals surface area (Å²) in [6.07, 6.45) is 7.46. The SMILES string of the molecule is CN(c1ncnc2[nH]ccc12)C1CC2(C1)CN(C(=O)c1ccc3c(c1)ncn3C)C2. The van der Waals surface area contributed by atoms with Crippen molar-refractivity contribution in [2.75, 3.05) is 25.0 Å². The van der Waals surface area contributed by atoms with Gasteiger partial charge >= 0.3 is 0 Å². The lowest BCUT2D eigenvalue weighted by molar-refractivity contribution is -0.0541. The van der Waals surface area contributed by atoms with Crippen molar-refractivity contribution in [1.82, 2.24) is 29.4 Å². The maximum absolute atomic E-state index is 12.9. The molecule has 1 aromatic carbocycles. The fraction of sp³-hybridized carbons (Fsp3) is 0.364. The second-order valence-electron chi connectivity index (χ2n) is 8.83. The Labute approximate surface area is 173 Å². The van der Waals surface area contributed by atoms with Crippen molar-refractivity contribution in [3.05, 3.63) is 48.7 Å². The van der Waals surface area contributed by atoms with Crippen LogP contribution in [-0.2, 0) is 7.05 Å². The van der Waals surface area contributed by atoms with Crippen molar-refractivity contribution in [2.24, 2.45) is 12.5 Å². The number of fused-ring (bicyclic) bond motifs is 2. The maximum Gasteiger partial charge on any atom is 0.253 e. The third kappa shape index (κ3) is 2.46. The Hall–Kier alpha value is -3.42. The maximum atomic E-state index is 12.9. The first kappa shape index (κ1) is 17.4. The Kier molecular flexibility index (Phi) is 3.51. The summed E-state index contributed by atoms with van der Waals surface area (Å²) in [5, 5.41) is 1.05. The molecule has 1 N–H and O–H groups in total. The van der Waals surface area contributed by atoms with Gasteiger partial charge in [0.05, 0.1) is 22.7 Å². The topological polar surface area (TPSA) is 82.9 Å². The summed E-state index contributed by atoms with van der Waals surface area (Å²) in [6, 6.07) is 8.25. The van der Waals surface area contributed by atoms with Crippen LogP contribution in [0.25, 0.3) is 22.1 Å². The minimum Gasteiger partial charge on any atom is -0.356 e. The molecule has 2 aliphatic rings. The number of nitrogens with zero attached hydrogens (tertiary/aromatic N) is 6. The second kappa shape index (κ2) is 6.04. The highest BCUT2D eigenvalue weighted by atomic mass is 16.2. The van der Waals surface area contributed by atoms with Gasteiger partial charge in [-0.15, -0.1) is 0 Å². The number of benzene rings is 1. The number of carbonyl (C=O) groups excluding carboxylic acids is 1. The van der Waals surface area contributed by atoms with Crippen LogP contribution < -0.4 is 4.90 Å². The number of aryl methyl sites for hydroxylation is 1. The predicted octanol–water partition coefficient (Wildman–Crippen LogP) is 2.59. The predicted molar refractivity (Wildman–Crippen MR) is 114 cm³/mol. The lowest BCUT2D eigenvalue weighted by Gasteiger charge is -2.60. The van der Waals surface area contributed by atoms with Crippen LogP contribution in [0, 0.1) is 5.41 Å². The molecule has 30 heavy (non-hydrogen) atoms. The summed E-state index contributed by atoms with van der Waals surface area (Å²) >= 11 is 0. The molecule has 1 amide bonds. The lowest BCUT2D eigenvalue weighted by atomic mass is 9.60. The smallest absolute Gasteiger partial charge is 0.253 e. The highest BCUT2D eigenvalue weighted by Gasteiger charge is 2.55. The Morgan fingerprint density at radius 3 is 2.87 bits per heavy atom. The summed E-state index contributed by atoms with van der Waals surface area (Å²) in [7, 11) is 4.07. The number of hydrogen-bond acceptors (Lipinski definition) is 5. The van der Waals surface area contributed by atoms with Crippen LogP contribution in [0.3, 0.4) is 0 Å². The van der Waals surface area contributed by atoms with E-state index in [9.17, 15) is 4.79 Å². The molecule has 1 aliphatic heterocycles. The van der Waals surface area contributed by atoms with Crippen molar-refractivity contribution in [1.29, 1.82) is 0 Å². The van der Waals surface area contributed by atoms with Gasteiger partial charge in [-0.1, -0.05) is 0 Å². The monoisotopic (exact) mass is 401 g/mol. The van der Waals surface area contributed by atoms with Gasteiger partial charge in [0.25, 0.3) is 5.91 Å². The van der Waals surface area contributed by atoms with E-state index in [4.69, 9.17) is 0 Å². The number of H-pyrrole nitrogens is 1. The van der Waals surface area contributed by atoms with E-state index in [1.807, 2.05) is 47.0 Å². The van der Waals surface area contributed by atoms with Gasteiger partial charge in [0.15, 0.2) is 0 Å². The molecule has 3 aromatic heterocycles. The van der Waals surface area contributed by atoms with Crippen molar-refractivity contribution in [2.45, 2.75) is 18.9 Å². The largest absolute Gasteiger partial charge is 0.356 e. The van der Waals surface area contributed by atoms with Gasteiger partial charge in [-0.3, -0.25) is 4.79 Å². The highest BCUT2D eigenvalue weighted by Crippen LogP contribution is 2.51. The summed E-state index contributed by atoms with van der Waals surface area (Å²) in [5.74, 6) is 1.08. The number of nitrogens with one attached hydrogen (secondary N) is 1. The van der Waals surface area contributed by atoms with Crippen LogP contribution in [0.4, 0.5) is 5.82 Å². The molecule has 152 valence electrons. The highest BCUT2D eigenvalue weighted by molar-refractivity contribution is 5.98. The number of rotatable bonds is 3. The van der Waals surface area contributed by atoms with E-state index in [1.54, 1.807) is 12.7 Å². The first-order valence-electron chi connectivity index (χ1n) is 10.2. The molecule has 8 heteroatoms. The third-order valence-corrected chi connectivity index (χ3v) is 6.86. The number of aromatic amines is 1. The number of imidazole rings is 1. The molecule has 1 aliphatic carbocycles. The van der Waals surface area contributed by atoms with Crippen LogP contribution in [0.1, 0.15) is 23.2 Å². The quantitative estimate of drug-likeness (QED) is 0.571. The van der Waals surface area contributed by atoms with E-state index in [0.717, 1.165) is 59.4 Å². The lowest BCUT2D eigenvalue weighted by Crippen LogP contribution is -2.67. The van der Waals surface area contributed by atoms with Gasteiger partial charge in [0, 0.05) is 50.4 Å². The molecular weight excluding hydrogens is 378 g/mol. The minimum absolute atomic E-state index is 0.106. The summed E-state index contributed by atoms with van der Waals surface area (Å²) < 4.78 is 1.96. The second-order valence-corrected chi connectivity index (χ2v) is 8.83. The molecule has 8 nitrogen and oxygen atoms in total. The molecule has 1 saturated heterocycles. The first-order valence-corrected chi connectivity index (χ1v) is 10.2. The number of anilines is 1. The minimum atomic E-state index is 0.106. The molecule has 1 spiro atoms. The van der Waals surface area contributed by atoms with Crippen LogP contribution in [0.2, 0.25) is 0 Å². The zero-order valence-corrected chi connectivity index (χ0v) is 17.0. The third-order valence-electron chi connectivity index (χ3n) is 6.86. The van der Waals surface area contributed by atoms with E-state index < -0.39 is 0 Å². The molecule has 0 radical (unpaired) electrons. The number of carbonyl (C=O) groups is 1. The Morgan fingerprint density at radius 1 is 1.20 bits per heavy atom. The number of hydrogen-bond donors (Lipinski definition) is 1. The van der Waals surface area contributed by atoms with E-state index in [-0.39, 0.29) is 11.3 Å². The van der Waals surface area contributed by atoms with Crippen molar-refractivity contribution < 1.29 is 4.79 Å². The summed E-state index contributed by atoms with van der Waals surface area (Å²) in [4.78, 5) is 33.5. The van der Waals surface area contributed by atoms with Crippen LogP contribution in [-0.4, -0.2) is 61.5 Å².